The van der Waals surface area contributed by atoms with Crippen LogP contribution in [-0.4, -0.2) is 23.3 Å². The number of halogens is 3. The van der Waals surface area contributed by atoms with Gasteiger partial charge in [-0.2, -0.15) is 13.2 Å². The Morgan fingerprint density at radius 2 is 1.10 bits per heavy atom. The molecule has 4 bridgehead atoms. The van der Waals surface area contributed by atoms with E-state index < -0.39 is 5.51 Å². The van der Waals surface area contributed by atoms with Crippen LogP contribution in [0.15, 0.2) is 102 Å². The van der Waals surface area contributed by atoms with Gasteiger partial charge in [-0.1, -0.05) is 83.9 Å². The van der Waals surface area contributed by atoms with Gasteiger partial charge in [0.1, 0.15) is 0 Å². The van der Waals surface area contributed by atoms with Gasteiger partial charge >= 0.3 is 5.51 Å². The second-order valence-electron chi connectivity index (χ2n) is 21.2. The number of fused-ring (bicyclic) bond motifs is 4. The third kappa shape index (κ3) is 4.46. The van der Waals surface area contributed by atoms with E-state index >= 15 is 0 Å². The zero-order valence-electron chi connectivity index (χ0n) is 34.5. The third-order valence-corrected chi connectivity index (χ3v) is 19.1. The van der Waals surface area contributed by atoms with Crippen molar-refractivity contribution in [3.63, 3.8) is 0 Å². The first kappa shape index (κ1) is 35.5. The molecule has 5 aromatic carbocycles. The number of rotatable bonds is 5. The summed E-state index contributed by atoms with van der Waals surface area (Å²) in [5, 5.41) is 0. The molecule has 15 rings (SSSR count). The maximum atomic E-state index is 14.8. The smallest absolute Gasteiger partial charge is 0.336 e. The standard InChI is InChI=1S/C53H50BF3N2S/c1-30-3-7-35(8-4-30)37-11-13-45-43(20-37)54-44-21-38(36-9-5-31(2)6-10-36)12-14-46(44)59(51-28-40-22-39-23-41(29-51)52(39,40)51)48-25-42(60-53(55,56)57)24-47(49(48)54)58(45)50-16-15-32(26-50)17-33-18-34(19-33)27-50/h3-14,20-21,24-25,32-34,39-41H,15-19,22-23,26-29H2,1-2H3. The van der Waals surface area contributed by atoms with E-state index in [0.717, 1.165) is 67.2 Å². The number of anilines is 4. The van der Waals surface area contributed by atoms with Crippen molar-refractivity contribution in [2.45, 2.75) is 106 Å². The van der Waals surface area contributed by atoms with Crippen molar-refractivity contribution in [3.05, 3.63) is 108 Å². The Balaban J connectivity index is 1.06. The van der Waals surface area contributed by atoms with Crippen LogP contribution in [0.5, 0.6) is 0 Å². The zero-order chi connectivity index (χ0) is 40.1. The lowest BCUT2D eigenvalue weighted by Gasteiger charge is -2.92. The summed E-state index contributed by atoms with van der Waals surface area (Å²) in [6.07, 6.45) is 13.5. The molecule has 5 aromatic rings. The molecule has 7 heteroatoms. The number of nitrogens with zero attached hydrogens (tertiary/aromatic N) is 2. The van der Waals surface area contributed by atoms with Gasteiger partial charge in [0.2, 0.25) is 0 Å². The van der Waals surface area contributed by atoms with Gasteiger partial charge in [0, 0.05) is 38.6 Å². The molecule has 8 fully saturated rings. The van der Waals surface area contributed by atoms with Crippen LogP contribution < -0.4 is 26.2 Å². The van der Waals surface area contributed by atoms with Gasteiger partial charge in [0.25, 0.3) is 6.71 Å². The molecule has 8 aliphatic carbocycles. The molecule has 4 unspecified atom stereocenters. The van der Waals surface area contributed by atoms with Gasteiger partial charge in [0.05, 0.1) is 5.54 Å². The Hall–Kier alpha value is -4.10. The molecule has 10 aliphatic rings. The number of benzene rings is 5. The number of hydrogen-bond acceptors (Lipinski definition) is 3. The van der Waals surface area contributed by atoms with Crippen LogP contribution in [-0.2, 0) is 0 Å². The Bertz CT molecular complexity index is 2640. The lowest BCUT2D eigenvalue weighted by atomic mass is 9.15. The van der Waals surface area contributed by atoms with Gasteiger partial charge in [-0.25, -0.2) is 0 Å². The molecule has 2 nitrogen and oxygen atoms in total. The minimum absolute atomic E-state index is 0.0311. The van der Waals surface area contributed by atoms with Crippen molar-refractivity contribution in [2.75, 3.05) is 9.80 Å². The van der Waals surface area contributed by atoms with Crippen molar-refractivity contribution < 1.29 is 13.2 Å². The van der Waals surface area contributed by atoms with E-state index in [2.05, 4.69) is 109 Å². The molecule has 0 saturated heterocycles. The van der Waals surface area contributed by atoms with E-state index in [0.29, 0.717) is 22.1 Å². The first-order valence-electron chi connectivity index (χ1n) is 23.0. The second-order valence-corrected chi connectivity index (χ2v) is 22.4. The molecule has 0 radical (unpaired) electrons. The largest absolute Gasteiger partial charge is 0.446 e. The minimum atomic E-state index is -4.38. The number of alkyl halides is 3. The average molecular weight is 815 g/mol. The summed E-state index contributed by atoms with van der Waals surface area (Å²) in [4.78, 5) is 5.73. The van der Waals surface area contributed by atoms with Gasteiger partial charge < -0.3 is 9.80 Å². The topological polar surface area (TPSA) is 6.48 Å². The van der Waals surface area contributed by atoms with Crippen LogP contribution in [0.25, 0.3) is 22.3 Å². The number of aryl methyl sites for hydroxylation is 2. The summed E-state index contributed by atoms with van der Waals surface area (Å²) >= 11 is 0.101. The Labute approximate surface area is 356 Å². The van der Waals surface area contributed by atoms with Gasteiger partial charge in [-0.15, -0.1) is 0 Å². The predicted molar refractivity (Wildman–Crippen MR) is 240 cm³/mol. The Morgan fingerprint density at radius 1 is 0.567 bits per heavy atom. The summed E-state index contributed by atoms with van der Waals surface area (Å²) in [7, 11) is 0. The van der Waals surface area contributed by atoms with E-state index in [-0.39, 0.29) is 29.6 Å². The Kier molecular flexibility index (Phi) is 6.91. The fraction of sp³-hybridized carbons (Fsp3) is 0.434. The normalized spacial score (nSPS) is 34.2. The van der Waals surface area contributed by atoms with Crippen molar-refractivity contribution in [1.82, 2.24) is 0 Å². The number of thioether (sulfide) groups is 1. The van der Waals surface area contributed by atoms with E-state index in [1.165, 1.54) is 99.7 Å². The lowest BCUT2D eigenvalue weighted by Crippen LogP contribution is -2.93. The van der Waals surface area contributed by atoms with Crippen LogP contribution in [0, 0.1) is 54.8 Å². The molecule has 0 amide bonds. The summed E-state index contributed by atoms with van der Waals surface area (Å²) < 4.78 is 44.4. The third-order valence-electron chi connectivity index (χ3n) is 18.4. The zero-order valence-corrected chi connectivity index (χ0v) is 35.3. The van der Waals surface area contributed by atoms with Gasteiger partial charge in [-0.05, 0) is 195 Å². The van der Waals surface area contributed by atoms with E-state index in [1.54, 1.807) is 0 Å². The maximum Gasteiger partial charge on any atom is 0.446 e. The molecule has 1 spiro atoms. The summed E-state index contributed by atoms with van der Waals surface area (Å²) in [6.45, 7) is 4.18. The highest BCUT2D eigenvalue weighted by Crippen LogP contribution is 2.91. The molecule has 2 aliphatic heterocycles. The van der Waals surface area contributed by atoms with Crippen LogP contribution >= 0.6 is 11.8 Å². The van der Waals surface area contributed by atoms with Gasteiger partial charge in [-0.3, -0.25) is 0 Å². The van der Waals surface area contributed by atoms with Crippen molar-refractivity contribution in [2.24, 2.45) is 40.9 Å². The van der Waals surface area contributed by atoms with E-state index in [1.807, 2.05) is 12.1 Å². The molecular formula is C53H50BF3N2S. The molecule has 60 heavy (non-hydrogen) atoms. The quantitative estimate of drug-likeness (QED) is 0.129. The molecule has 8 saturated carbocycles. The maximum absolute atomic E-state index is 14.8. The van der Waals surface area contributed by atoms with Gasteiger partial charge in [0.15, 0.2) is 0 Å². The number of hydrogen-bond donors (Lipinski definition) is 0. The average Bonchev–Trinajstić information content (AvgIpc) is 3.62. The lowest BCUT2D eigenvalue weighted by molar-refractivity contribution is -0.385. The van der Waals surface area contributed by atoms with E-state index in [9.17, 15) is 13.2 Å². The molecule has 4 atom stereocenters. The molecule has 2 heterocycles. The van der Waals surface area contributed by atoms with Crippen LogP contribution in [0.1, 0.15) is 81.8 Å². The predicted octanol–water partition coefficient (Wildman–Crippen LogP) is 12.2. The molecule has 0 N–H and O–H groups in total. The van der Waals surface area contributed by atoms with E-state index in [4.69, 9.17) is 0 Å². The highest BCUT2D eigenvalue weighted by atomic mass is 32.2. The van der Waals surface area contributed by atoms with Crippen molar-refractivity contribution in [3.8, 4) is 22.3 Å². The first-order chi connectivity index (χ1) is 29.0. The van der Waals surface area contributed by atoms with Crippen molar-refractivity contribution >= 4 is 57.6 Å². The summed E-state index contributed by atoms with van der Waals surface area (Å²) in [5.41, 5.74) is 11.5. The SMILES string of the molecule is Cc1ccc(-c2ccc3c(c2)B2c4cc(-c5ccc(C)cc5)ccc4N(C45CC6CC7CC(C4)C765)c4cc(SC(F)(F)F)cc(c42)N3C23CCC(CC4CC(C4)C2)C3)cc1. The fourth-order valence-electron chi connectivity index (χ4n) is 16.4. The van der Waals surface area contributed by atoms with Crippen LogP contribution in [0.3, 0.4) is 0 Å². The fourth-order valence-corrected chi connectivity index (χ4v) is 17.0. The minimum Gasteiger partial charge on any atom is -0.336 e. The first-order valence-corrected chi connectivity index (χ1v) is 23.8. The summed E-state index contributed by atoms with van der Waals surface area (Å²) in [6, 6.07) is 36.1. The van der Waals surface area contributed by atoms with Crippen LogP contribution in [0.2, 0.25) is 0 Å². The highest BCUT2D eigenvalue weighted by molar-refractivity contribution is 8.00. The second kappa shape index (κ2) is 11.7. The summed E-state index contributed by atoms with van der Waals surface area (Å²) in [5.74, 6) is 4.50. The monoisotopic (exact) mass is 814 g/mol. The Morgan fingerprint density at radius 3 is 1.67 bits per heavy atom. The highest BCUT2D eigenvalue weighted by Gasteiger charge is 2.89. The van der Waals surface area contributed by atoms with Crippen LogP contribution in [0.4, 0.5) is 35.9 Å². The van der Waals surface area contributed by atoms with Crippen molar-refractivity contribution in [1.29, 1.82) is 0 Å². The molecule has 0 aromatic heterocycles. The molecular weight excluding hydrogens is 764 g/mol. The molecule has 302 valence electrons.